The second kappa shape index (κ2) is 11.4. The summed E-state index contributed by atoms with van der Waals surface area (Å²) in [6.45, 7) is 5.49. The van der Waals surface area contributed by atoms with Crippen molar-refractivity contribution in [3.05, 3.63) is 70.2 Å². The van der Waals surface area contributed by atoms with Crippen LogP contribution in [0.4, 0.5) is 0 Å². The third-order valence-corrected chi connectivity index (χ3v) is 4.86. The largest absolute Gasteiger partial charge is 0.368 e. The zero-order valence-electron chi connectivity index (χ0n) is 18.2. The minimum Gasteiger partial charge on any atom is -0.368 e. The van der Waals surface area contributed by atoms with Crippen LogP contribution in [0.3, 0.4) is 0 Å². The van der Waals surface area contributed by atoms with Crippen LogP contribution in [0.25, 0.3) is 0 Å². The SMILES string of the molecule is CN=C(NCc1ccc(C(=O)NCC(N)=O)cc1)NCC(C)(C)Cc1cccc(Cl)c1. The molecule has 0 aliphatic rings. The van der Waals surface area contributed by atoms with Gasteiger partial charge in [-0.25, -0.2) is 0 Å². The van der Waals surface area contributed by atoms with E-state index in [1.807, 2.05) is 30.3 Å². The molecule has 0 heterocycles. The van der Waals surface area contributed by atoms with E-state index in [2.05, 4.69) is 40.9 Å². The molecule has 0 spiro atoms. The number of amides is 2. The summed E-state index contributed by atoms with van der Waals surface area (Å²) in [6, 6.07) is 15.0. The van der Waals surface area contributed by atoms with Crippen LogP contribution in [0.5, 0.6) is 0 Å². The van der Waals surface area contributed by atoms with Crippen molar-refractivity contribution in [2.75, 3.05) is 20.1 Å². The predicted octanol–water partition coefficient (Wildman–Crippen LogP) is 2.49. The van der Waals surface area contributed by atoms with Crippen LogP contribution in [0.15, 0.2) is 53.5 Å². The van der Waals surface area contributed by atoms with Crippen LogP contribution in [0.2, 0.25) is 5.02 Å². The van der Waals surface area contributed by atoms with Gasteiger partial charge >= 0.3 is 0 Å². The molecule has 7 nitrogen and oxygen atoms in total. The van der Waals surface area contributed by atoms with Gasteiger partial charge in [-0.05, 0) is 47.2 Å². The molecule has 0 aliphatic heterocycles. The smallest absolute Gasteiger partial charge is 0.251 e. The maximum atomic E-state index is 11.9. The standard InChI is InChI=1S/C23H30ClN5O2/c1-23(2,12-17-5-4-6-19(24)11-17)15-29-22(26-3)28-13-16-7-9-18(10-8-16)21(31)27-14-20(25)30/h4-11H,12-15H2,1-3H3,(H2,25,30)(H,27,31)(H2,26,28,29). The Morgan fingerprint density at radius 3 is 2.35 bits per heavy atom. The first kappa shape index (κ1) is 24.2. The molecule has 2 aromatic rings. The van der Waals surface area contributed by atoms with Crippen LogP contribution < -0.4 is 21.7 Å². The molecular formula is C23H30ClN5O2. The van der Waals surface area contributed by atoms with Gasteiger partial charge in [-0.1, -0.05) is 49.7 Å². The van der Waals surface area contributed by atoms with E-state index in [0.29, 0.717) is 18.1 Å². The highest BCUT2D eigenvalue weighted by molar-refractivity contribution is 6.30. The Balaban J connectivity index is 1.83. The molecule has 0 atom stereocenters. The first-order chi connectivity index (χ1) is 14.7. The van der Waals surface area contributed by atoms with Crippen molar-refractivity contribution < 1.29 is 9.59 Å². The predicted molar refractivity (Wildman–Crippen MR) is 125 cm³/mol. The molecule has 0 unspecified atom stereocenters. The van der Waals surface area contributed by atoms with E-state index < -0.39 is 5.91 Å². The number of aliphatic imine (C=N–C) groups is 1. The van der Waals surface area contributed by atoms with Gasteiger partial charge in [0, 0.05) is 30.7 Å². The molecule has 0 saturated carbocycles. The number of carbonyl (C=O) groups excluding carboxylic acids is 2. The van der Waals surface area contributed by atoms with Gasteiger partial charge in [-0.2, -0.15) is 0 Å². The highest BCUT2D eigenvalue weighted by atomic mass is 35.5. The van der Waals surface area contributed by atoms with Crippen molar-refractivity contribution in [2.45, 2.75) is 26.8 Å². The van der Waals surface area contributed by atoms with Gasteiger partial charge in [0.05, 0.1) is 6.54 Å². The number of guanidine groups is 1. The zero-order valence-corrected chi connectivity index (χ0v) is 18.9. The van der Waals surface area contributed by atoms with E-state index in [9.17, 15) is 9.59 Å². The van der Waals surface area contributed by atoms with Crippen LogP contribution in [-0.2, 0) is 17.8 Å². The van der Waals surface area contributed by atoms with Gasteiger partial charge < -0.3 is 21.7 Å². The molecule has 0 aliphatic carbocycles. The molecule has 2 amide bonds. The molecule has 8 heteroatoms. The fourth-order valence-corrected chi connectivity index (χ4v) is 3.25. The van der Waals surface area contributed by atoms with Gasteiger partial charge in [-0.15, -0.1) is 0 Å². The van der Waals surface area contributed by atoms with E-state index in [0.717, 1.165) is 23.6 Å². The number of primary amides is 1. The fourth-order valence-electron chi connectivity index (χ4n) is 3.03. The molecule has 0 bridgehead atoms. The third-order valence-electron chi connectivity index (χ3n) is 4.63. The average molecular weight is 444 g/mol. The number of halogens is 1. The topological polar surface area (TPSA) is 109 Å². The summed E-state index contributed by atoms with van der Waals surface area (Å²) in [4.78, 5) is 27.0. The summed E-state index contributed by atoms with van der Waals surface area (Å²) in [5.74, 6) is -0.219. The van der Waals surface area contributed by atoms with E-state index in [1.165, 1.54) is 5.56 Å². The summed E-state index contributed by atoms with van der Waals surface area (Å²) >= 11 is 6.09. The minimum absolute atomic E-state index is 0.00221. The average Bonchev–Trinajstić information content (AvgIpc) is 2.72. The number of nitrogens with two attached hydrogens (primary N) is 1. The first-order valence-corrected chi connectivity index (χ1v) is 10.4. The summed E-state index contributed by atoms with van der Waals surface area (Å²) in [5.41, 5.74) is 7.70. The Labute approximate surface area is 188 Å². The monoisotopic (exact) mass is 443 g/mol. The lowest BCUT2D eigenvalue weighted by molar-refractivity contribution is -0.117. The first-order valence-electron chi connectivity index (χ1n) is 10.0. The molecular weight excluding hydrogens is 414 g/mol. The van der Waals surface area contributed by atoms with Crippen LogP contribution in [0, 0.1) is 5.41 Å². The maximum absolute atomic E-state index is 11.9. The lowest BCUT2D eigenvalue weighted by Crippen LogP contribution is -2.42. The van der Waals surface area contributed by atoms with Crippen LogP contribution in [-0.4, -0.2) is 37.9 Å². The Kier molecular flexibility index (Phi) is 8.88. The number of nitrogens with zero attached hydrogens (tertiary/aromatic N) is 1. The van der Waals surface area contributed by atoms with Crippen molar-refractivity contribution in [2.24, 2.45) is 16.1 Å². The molecule has 0 radical (unpaired) electrons. The van der Waals surface area contributed by atoms with Crippen molar-refractivity contribution >= 4 is 29.4 Å². The molecule has 0 aromatic heterocycles. The summed E-state index contributed by atoms with van der Waals surface area (Å²) in [7, 11) is 1.73. The Morgan fingerprint density at radius 1 is 1.03 bits per heavy atom. The Hall–Kier alpha value is -3.06. The second-order valence-corrected chi connectivity index (χ2v) is 8.53. The van der Waals surface area contributed by atoms with Crippen molar-refractivity contribution in [1.82, 2.24) is 16.0 Å². The van der Waals surface area contributed by atoms with Gasteiger partial charge in [0.25, 0.3) is 5.91 Å². The summed E-state index contributed by atoms with van der Waals surface area (Å²) in [5, 5.41) is 9.85. The van der Waals surface area contributed by atoms with Crippen molar-refractivity contribution in [3.8, 4) is 0 Å². The maximum Gasteiger partial charge on any atom is 0.251 e. The molecule has 5 N–H and O–H groups in total. The lowest BCUT2D eigenvalue weighted by Gasteiger charge is -2.26. The number of rotatable bonds is 9. The fraction of sp³-hybridized carbons (Fsp3) is 0.348. The lowest BCUT2D eigenvalue weighted by atomic mass is 9.86. The van der Waals surface area contributed by atoms with Crippen LogP contribution >= 0.6 is 11.6 Å². The molecule has 31 heavy (non-hydrogen) atoms. The molecule has 0 saturated heterocycles. The minimum atomic E-state index is -0.580. The number of hydrogen-bond acceptors (Lipinski definition) is 3. The summed E-state index contributed by atoms with van der Waals surface area (Å²) in [6.07, 6.45) is 0.886. The van der Waals surface area contributed by atoms with Crippen molar-refractivity contribution in [1.29, 1.82) is 0 Å². The van der Waals surface area contributed by atoms with E-state index >= 15 is 0 Å². The Bertz CT molecular complexity index is 926. The molecule has 166 valence electrons. The summed E-state index contributed by atoms with van der Waals surface area (Å²) < 4.78 is 0. The molecule has 2 aromatic carbocycles. The highest BCUT2D eigenvalue weighted by Crippen LogP contribution is 2.22. The number of benzene rings is 2. The Morgan fingerprint density at radius 2 is 1.74 bits per heavy atom. The quantitative estimate of drug-likeness (QED) is 0.352. The van der Waals surface area contributed by atoms with E-state index in [4.69, 9.17) is 17.3 Å². The zero-order chi connectivity index (χ0) is 22.9. The normalized spacial score (nSPS) is 11.7. The van der Waals surface area contributed by atoms with Gasteiger partial charge in [0.2, 0.25) is 5.91 Å². The van der Waals surface area contributed by atoms with Gasteiger partial charge in [-0.3, -0.25) is 14.6 Å². The molecule has 2 rings (SSSR count). The number of carbonyl (C=O) groups is 2. The van der Waals surface area contributed by atoms with E-state index in [-0.39, 0.29) is 17.9 Å². The van der Waals surface area contributed by atoms with Crippen molar-refractivity contribution in [3.63, 3.8) is 0 Å². The van der Waals surface area contributed by atoms with Crippen LogP contribution in [0.1, 0.15) is 35.3 Å². The van der Waals surface area contributed by atoms with E-state index in [1.54, 1.807) is 19.2 Å². The van der Waals surface area contributed by atoms with Gasteiger partial charge in [0.15, 0.2) is 5.96 Å². The molecule has 0 fully saturated rings. The highest BCUT2D eigenvalue weighted by Gasteiger charge is 2.19. The number of nitrogens with one attached hydrogen (secondary N) is 3. The number of hydrogen-bond donors (Lipinski definition) is 4. The third kappa shape index (κ3) is 8.68. The second-order valence-electron chi connectivity index (χ2n) is 8.10. The van der Waals surface area contributed by atoms with Gasteiger partial charge in [0.1, 0.15) is 0 Å².